The van der Waals surface area contributed by atoms with Gasteiger partial charge in [-0.1, -0.05) is 19.1 Å². The van der Waals surface area contributed by atoms with Crippen LogP contribution in [0.25, 0.3) is 0 Å². The Morgan fingerprint density at radius 2 is 1.79 bits per heavy atom. The summed E-state index contributed by atoms with van der Waals surface area (Å²) in [5.41, 5.74) is 1.06. The monoisotopic (exact) mass is 285 g/mol. The summed E-state index contributed by atoms with van der Waals surface area (Å²) < 4.78 is 22.7. The Hall–Kier alpha value is -0.910. The Morgan fingerprint density at radius 3 is 2.26 bits per heavy atom. The summed E-state index contributed by atoms with van der Waals surface area (Å²) in [6.07, 6.45) is 1.99. The first-order chi connectivity index (χ1) is 8.84. The molecule has 0 spiro atoms. The van der Waals surface area contributed by atoms with E-state index in [-0.39, 0.29) is 12.6 Å². The highest BCUT2D eigenvalue weighted by atomic mass is 32.2. The highest BCUT2D eigenvalue weighted by Crippen LogP contribution is 2.16. The van der Waals surface area contributed by atoms with Crippen LogP contribution in [0.3, 0.4) is 0 Å². The molecule has 2 N–H and O–H groups in total. The molecule has 0 aliphatic heterocycles. The van der Waals surface area contributed by atoms with Gasteiger partial charge in [-0.05, 0) is 43.5 Å². The standard InChI is InChI=1S/C14H23NO3S/c1-11(8-9-16)10-15-12(2)13-4-6-14(7-5-13)19(3,17)18/h4-7,11-12,15-16H,8-10H2,1-3H3. The van der Waals surface area contributed by atoms with Gasteiger partial charge in [0.05, 0.1) is 4.90 Å². The number of sulfone groups is 1. The third-order valence-corrected chi connectivity index (χ3v) is 4.33. The van der Waals surface area contributed by atoms with Crippen molar-refractivity contribution in [2.24, 2.45) is 5.92 Å². The molecule has 0 amide bonds. The minimum atomic E-state index is -3.13. The molecule has 1 aromatic carbocycles. The maximum atomic E-state index is 11.4. The highest BCUT2D eigenvalue weighted by Gasteiger charge is 2.10. The minimum Gasteiger partial charge on any atom is -0.396 e. The van der Waals surface area contributed by atoms with Gasteiger partial charge in [0.15, 0.2) is 9.84 Å². The number of nitrogens with one attached hydrogen (secondary N) is 1. The SMILES string of the molecule is CC(CCO)CNC(C)c1ccc(S(C)(=O)=O)cc1. The molecule has 0 bridgehead atoms. The Balaban J connectivity index is 2.61. The van der Waals surface area contributed by atoms with Crippen LogP contribution < -0.4 is 5.32 Å². The predicted octanol–water partition coefficient (Wildman–Crippen LogP) is 1.76. The molecule has 4 nitrogen and oxygen atoms in total. The van der Waals surface area contributed by atoms with E-state index < -0.39 is 9.84 Å². The van der Waals surface area contributed by atoms with Crippen molar-refractivity contribution in [1.29, 1.82) is 0 Å². The molecule has 0 aliphatic carbocycles. The zero-order chi connectivity index (χ0) is 14.5. The molecule has 2 atom stereocenters. The summed E-state index contributed by atoms with van der Waals surface area (Å²) in [4.78, 5) is 0.345. The maximum Gasteiger partial charge on any atom is 0.175 e. The van der Waals surface area contributed by atoms with E-state index in [2.05, 4.69) is 12.2 Å². The van der Waals surface area contributed by atoms with Gasteiger partial charge >= 0.3 is 0 Å². The van der Waals surface area contributed by atoms with Crippen LogP contribution >= 0.6 is 0 Å². The van der Waals surface area contributed by atoms with Crippen molar-refractivity contribution in [3.63, 3.8) is 0 Å². The first-order valence-corrected chi connectivity index (χ1v) is 8.38. The number of aliphatic hydroxyl groups is 1. The van der Waals surface area contributed by atoms with Crippen LogP contribution in [0.5, 0.6) is 0 Å². The third kappa shape index (κ3) is 5.30. The molecule has 0 aromatic heterocycles. The molecule has 0 heterocycles. The predicted molar refractivity (Wildman–Crippen MR) is 76.8 cm³/mol. The lowest BCUT2D eigenvalue weighted by molar-refractivity contribution is 0.258. The Morgan fingerprint density at radius 1 is 1.21 bits per heavy atom. The van der Waals surface area contributed by atoms with Crippen molar-refractivity contribution in [3.05, 3.63) is 29.8 Å². The Bertz CT molecular complexity index is 482. The van der Waals surface area contributed by atoms with E-state index in [9.17, 15) is 8.42 Å². The molecular weight excluding hydrogens is 262 g/mol. The second kappa shape index (κ2) is 7.03. The highest BCUT2D eigenvalue weighted by molar-refractivity contribution is 7.90. The molecule has 0 saturated heterocycles. The van der Waals surface area contributed by atoms with Crippen LogP contribution in [0.15, 0.2) is 29.2 Å². The Labute approximate surface area is 115 Å². The molecular formula is C14H23NO3S. The number of aliphatic hydroxyl groups excluding tert-OH is 1. The number of hydrogen-bond acceptors (Lipinski definition) is 4. The van der Waals surface area contributed by atoms with Crippen LogP contribution in [-0.4, -0.2) is 32.9 Å². The van der Waals surface area contributed by atoms with Crippen LogP contribution in [-0.2, 0) is 9.84 Å². The largest absolute Gasteiger partial charge is 0.396 e. The fourth-order valence-electron chi connectivity index (χ4n) is 1.82. The van der Waals surface area contributed by atoms with Gasteiger partial charge in [-0.3, -0.25) is 0 Å². The number of hydrogen-bond donors (Lipinski definition) is 2. The van der Waals surface area contributed by atoms with E-state index in [0.717, 1.165) is 18.5 Å². The van der Waals surface area contributed by atoms with Crippen LogP contribution in [0.4, 0.5) is 0 Å². The van der Waals surface area contributed by atoms with Crippen LogP contribution in [0.1, 0.15) is 31.9 Å². The normalized spacial score (nSPS) is 15.2. The lowest BCUT2D eigenvalue weighted by Gasteiger charge is -2.17. The van der Waals surface area contributed by atoms with Gasteiger partial charge in [0.1, 0.15) is 0 Å². The molecule has 0 saturated carbocycles. The second-order valence-electron chi connectivity index (χ2n) is 5.09. The average molecular weight is 285 g/mol. The van der Waals surface area contributed by atoms with Crippen molar-refractivity contribution in [1.82, 2.24) is 5.32 Å². The summed E-state index contributed by atoms with van der Waals surface area (Å²) in [5, 5.41) is 12.2. The first kappa shape index (κ1) is 16.1. The van der Waals surface area contributed by atoms with Gasteiger partial charge in [-0.25, -0.2) is 8.42 Å². The summed E-state index contributed by atoms with van der Waals surface area (Å²) in [7, 11) is -3.13. The van der Waals surface area contributed by atoms with E-state index in [1.165, 1.54) is 6.26 Å². The van der Waals surface area contributed by atoms with E-state index in [1.54, 1.807) is 12.1 Å². The zero-order valence-corrected chi connectivity index (χ0v) is 12.6. The summed E-state index contributed by atoms with van der Waals surface area (Å²) >= 11 is 0. The molecule has 2 unspecified atom stereocenters. The number of rotatable bonds is 7. The fourth-order valence-corrected chi connectivity index (χ4v) is 2.45. The summed E-state index contributed by atoms with van der Waals surface area (Å²) in [5.74, 6) is 0.419. The molecule has 0 radical (unpaired) electrons. The van der Waals surface area contributed by atoms with Gasteiger partial charge in [-0.2, -0.15) is 0 Å². The van der Waals surface area contributed by atoms with Gasteiger partial charge < -0.3 is 10.4 Å². The van der Waals surface area contributed by atoms with E-state index in [4.69, 9.17) is 5.11 Å². The molecule has 0 fully saturated rings. The maximum absolute atomic E-state index is 11.4. The summed E-state index contributed by atoms with van der Waals surface area (Å²) in [6, 6.07) is 7.12. The minimum absolute atomic E-state index is 0.162. The van der Waals surface area contributed by atoms with E-state index in [0.29, 0.717) is 10.8 Å². The fraction of sp³-hybridized carbons (Fsp3) is 0.571. The van der Waals surface area contributed by atoms with Crippen molar-refractivity contribution in [3.8, 4) is 0 Å². The quantitative estimate of drug-likeness (QED) is 0.801. The smallest absolute Gasteiger partial charge is 0.175 e. The van der Waals surface area contributed by atoms with E-state index >= 15 is 0 Å². The average Bonchev–Trinajstić information content (AvgIpc) is 2.35. The molecule has 5 heteroatoms. The Kier molecular flexibility index (Phi) is 5.97. The zero-order valence-electron chi connectivity index (χ0n) is 11.8. The third-order valence-electron chi connectivity index (χ3n) is 3.20. The van der Waals surface area contributed by atoms with Crippen molar-refractivity contribution in [2.45, 2.75) is 31.2 Å². The van der Waals surface area contributed by atoms with Gasteiger partial charge in [-0.15, -0.1) is 0 Å². The molecule has 1 rings (SSSR count). The van der Waals surface area contributed by atoms with E-state index in [1.807, 2.05) is 19.1 Å². The molecule has 108 valence electrons. The first-order valence-electron chi connectivity index (χ1n) is 6.49. The van der Waals surface area contributed by atoms with Crippen molar-refractivity contribution < 1.29 is 13.5 Å². The second-order valence-corrected chi connectivity index (χ2v) is 7.10. The summed E-state index contributed by atoms with van der Waals surface area (Å²) in [6.45, 7) is 5.17. The molecule has 19 heavy (non-hydrogen) atoms. The molecule has 0 aliphatic rings. The van der Waals surface area contributed by atoms with Crippen LogP contribution in [0.2, 0.25) is 0 Å². The van der Waals surface area contributed by atoms with Crippen molar-refractivity contribution in [2.75, 3.05) is 19.4 Å². The van der Waals surface area contributed by atoms with Crippen molar-refractivity contribution >= 4 is 9.84 Å². The topological polar surface area (TPSA) is 66.4 Å². The van der Waals surface area contributed by atoms with Gasteiger partial charge in [0.25, 0.3) is 0 Å². The van der Waals surface area contributed by atoms with Crippen LogP contribution in [0, 0.1) is 5.92 Å². The lowest BCUT2D eigenvalue weighted by Crippen LogP contribution is -2.25. The number of benzene rings is 1. The molecule has 1 aromatic rings. The lowest BCUT2D eigenvalue weighted by atomic mass is 10.1. The van der Waals surface area contributed by atoms with Gasteiger partial charge in [0.2, 0.25) is 0 Å². The van der Waals surface area contributed by atoms with Gasteiger partial charge in [0, 0.05) is 18.9 Å².